The molecule has 0 saturated heterocycles. The summed E-state index contributed by atoms with van der Waals surface area (Å²) >= 11 is 0. The average molecular weight is 206 g/mol. The van der Waals surface area contributed by atoms with Gasteiger partial charge in [-0.1, -0.05) is 0 Å². The van der Waals surface area contributed by atoms with E-state index in [1.165, 1.54) is 24.1 Å². The highest BCUT2D eigenvalue weighted by atomic mass is 16.5. The first-order chi connectivity index (χ1) is 7.13. The normalized spacial score (nSPS) is 10.5. The van der Waals surface area contributed by atoms with Crippen LogP contribution in [0.15, 0.2) is 23.3 Å². The number of phenols is 1. The number of aromatic nitrogens is 2. The van der Waals surface area contributed by atoms with Gasteiger partial charge in [-0.2, -0.15) is 0 Å². The molecule has 0 fully saturated rings. The Labute approximate surface area is 85.6 Å². The van der Waals surface area contributed by atoms with Gasteiger partial charge < -0.3 is 14.4 Å². The van der Waals surface area contributed by atoms with Gasteiger partial charge >= 0.3 is 0 Å². The van der Waals surface area contributed by atoms with Crippen LogP contribution in [0.4, 0.5) is 0 Å². The molecule has 0 aliphatic rings. The molecule has 1 N–H and O–H groups in total. The summed E-state index contributed by atoms with van der Waals surface area (Å²) in [6.07, 6.45) is 1.41. The summed E-state index contributed by atoms with van der Waals surface area (Å²) in [5.41, 5.74) is 0.148. The van der Waals surface area contributed by atoms with Gasteiger partial charge in [-0.15, -0.1) is 0 Å². The minimum absolute atomic E-state index is 0.113. The monoisotopic (exact) mass is 206 g/mol. The van der Waals surface area contributed by atoms with Gasteiger partial charge in [-0.3, -0.25) is 4.79 Å². The summed E-state index contributed by atoms with van der Waals surface area (Å²) < 4.78 is 6.28. The molecular weight excluding hydrogens is 196 g/mol. The maximum Gasteiger partial charge on any atom is 0.264 e. The van der Waals surface area contributed by atoms with Gasteiger partial charge in [-0.05, 0) is 0 Å². The molecule has 5 heteroatoms. The molecular formula is C10H10N2O3. The van der Waals surface area contributed by atoms with E-state index in [0.717, 1.165) is 0 Å². The molecule has 0 amide bonds. The van der Waals surface area contributed by atoms with Crippen LogP contribution < -0.4 is 10.3 Å². The Morgan fingerprint density at radius 1 is 1.47 bits per heavy atom. The van der Waals surface area contributed by atoms with Crippen LogP contribution >= 0.6 is 0 Å². The zero-order valence-corrected chi connectivity index (χ0v) is 8.39. The summed E-state index contributed by atoms with van der Waals surface area (Å²) in [4.78, 5) is 15.7. The molecule has 1 aromatic carbocycles. The second-order valence-corrected chi connectivity index (χ2v) is 3.20. The first-order valence-electron chi connectivity index (χ1n) is 4.36. The number of aromatic hydroxyl groups is 1. The number of nitrogens with zero attached hydrogens (tertiary/aromatic N) is 2. The van der Waals surface area contributed by atoms with Crippen molar-refractivity contribution in [2.75, 3.05) is 7.11 Å². The van der Waals surface area contributed by atoms with Crippen LogP contribution in [-0.2, 0) is 7.05 Å². The molecule has 5 nitrogen and oxygen atoms in total. The Bertz CT molecular complexity index is 575. The summed E-state index contributed by atoms with van der Waals surface area (Å²) in [5.74, 6) is 0.360. The molecule has 0 saturated carbocycles. The standard InChI is InChI=1S/C10H10N2O3/c1-12-5-11-7-3-6(15-2)4-8(13)9(7)10(12)14/h3-5,13H,1-2H3. The number of fused-ring (bicyclic) bond motifs is 1. The van der Waals surface area contributed by atoms with E-state index in [2.05, 4.69) is 4.98 Å². The highest BCUT2D eigenvalue weighted by Gasteiger charge is 2.09. The average Bonchev–Trinajstić information content (AvgIpc) is 2.23. The predicted octanol–water partition coefficient (Wildman–Crippen LogP) is 0.648. The molecule has 2 rings (SSSR count). The Kier molecular flexibility index (Phi) is 2.07. The van der Waals surface area contributed by atoms with E-state index in [1.54, 1.807) is 13.1 Å². The van der Waals surface area contributed by atoms with Crippen molar-refractivity contribution in [3.63, 3.8) is 0 Å². The Balaban J connectivity index is 2.92. The van der Waals surface area contributed by atoms with Gasteiger partial charge in [0.25, 0.3) is 5.56 Å². The molecule has 0 unspecified atom stereocenters. The number of benzene rings is 1. The van der Waals surface area contributed by atoms with Gasteiger partial charge in [0.05, 0.1) is 19.0 Å². The number of hydrogen-bond acceptors (Lipinski definition) is 4. The van der Waals surface area contributed by atoms with Crippen LogP contribution in [0.2, 0.25) is 0 Å². The molecule has 1 aromatic heterocycles. The van der Waals surface area contributed by atoms with E-state index in [1.807, 2.05) is 0 Å². The lowest BCUT2D eigenvalue weighted by molar-refractivity contribution is 0.409. The highest BCUT2D eigenvalue weighted by Crippen LogP contribution is 2.25. The zero-order valence-electron chi connectivity index (χ0n) is 8.39. The van der Waals surface area contributed by atoms with Crippen molar-refractivity contribution in [2.24, 2.45) is 7.05 Å². The van der Waals surface area contributed by atoms with Crippen LogP contribution in [-0.4, -0.2) is 21.8 Å². The van der Waals surface area contributed by atoms with Gasteiger partial charge in [0.1, 0.15) is 16.9 Å². The SMILES string of the molecule is COc1cc(O)c2c(=O)n(C)cnc2c1. The van der Waals surface area contributed by atoms with Crippen LogP contribution in [0.25, 0.3) is 10.9 Å². The van der Waals surface area contributed by atoms with E-state index in [0.29, 0.717) is 11.3 Å². The van der Waals surface area contributed by atoms with Crippen molar-refractivity contribution >= 4 is 10.9 Å². The molecule has 15 heavy (non-hydrogen) atoms. The maximum absolute atomic E-state index is 11.7. The molecule has 78 valence electrons. The maximum atomic E-state index is 11.7. The topological polar surface area (TPSA) is 64.3 Å². The summed E-state index contributed by atoms with van der Waals surface area (Å²) in [6.45, 7) is 0. The second-order valence-electron chi connectivity index (χ2n) is 3.20. The minimum atomic E-state index is -0.278. The first-order valence-corrected chi connectivity index (χ1v) is 4.36. The molecule has 0 aliphatic heterocycles. The van der Waals surface area contributed by atoms with Gasteiger partial charge in [0, 0.05) is 19.2 Å². The number of methoxy groups -OCH3 is 1. The van der Waals surface area contributed by atoms with E-state index in [4.69, 9.17) is 4.74 Å². The fraction of sp³-hybridized carbons (Fsp3) is 0.200. The lowest BCUT2D eigenvalue weighted by atomic mass is 10.2. The fourth-order valence-electron chi connectivity index (χ4n) is 1.40. The van der Waals surface area contributed by atoms with E-state index in [9.17, 15) is 9.90 Å². The minimum Gasteiger partial charge on any atom is -0.507 e. The second kappa shape index (κ2) is 3.27. The molecule has 0 bridgehead atoms. The first kappa shape index (κ1) is 9.51. The van der Waals surface area contributed by atoms with Crippen molar-refractivity contribution < 1.29 is 9.84 Å². The van der Waals surface area contributed by atoms with Crippen LogP contribution in [0.3, 0.4) is 0 Å². The largest absolute Gasteiger partial charge is 0.507 e. The van der Waals surface area contributed by atoms with Crippen molar-refractivity contribution in [3.05, 3.63) is 28.8 Å². The molecule has 2 aromatic rings. The summed E-state index contributed by atoms with van der Waals surface area (Å²) in [6, 6.07) is 3.00. The van der Waals surface area contributed by atoms with E-state index in [-0.39, 0.29) is 16.7 Å². The molecule has 0 spiro atoms. The van der Waals surface area contributed by atoms with Crippen LogP contribution in [0, 0.1) is 0 Å². The third-order valence-corrected chi connectivity index (χ3v) is 2.21. The quantitative estimate of drug-likeness (QED) is 0.744. The molecule has 0 atom stereocenters. The van der Waals surface area contributed by atoms with E-state index < -0.39 is 0 Å². The van der Waals surface area contributed by atoms with Gasteiger partial charge in [0.2, 0.25) is 0 Å². The van der Waals surface area contributed by atoms with Crippen LogP contribution in [0.5, 0.6) is 11.5 Å². The summed E-state index contributed by atoms with van der Waals surface area (Å²) in [7, 11) is 3.07. The molecule has 0 aliphatic carbocycles. The highest BCUT2D eigenvalue weighted by molar-refractivity contribution is 5.85. The Morgan fingerprint density at radius 2 is 2.20 bits per heavy atom. The van der Waals surface area contributed by atoms with Crippen molar-refractivity contribution in [1.29, 1.82) is 0 Å². The summed E-state index contributed by atoms with van der Waals surface area (Å²) in [5, 5.41) is 9.86. The van der Waals surface area contributed by atoms with Crippen molar-refractivity contribution in [1.82, 2.24) is 9.55 Å². The predicted molar refractivity (Wildman–Crippen MR) is 55.2 cm³/mol. The number of aryl methyl sites for hydroxylation is 1. The molecule has 1 heterocycles. The lowest BCUT2D eigenvalue weighted by Crippen LogP contribution is -2.16. The number of rotatable bonds is 1. The Hall–Kier alpha value is -2.04. The third-order valence-electron chi connectivity index (χ3n) is 2.21. The Morgan fingerprint density at radius 3 is 2.87 bits per heavy atom. The zero-order chi connectivity index (χ0) is 11.0. The number of ether oxygens (including phenoxy) is 1. The number of hydrogen-bond donors (Lipinski definition) is 1. The third kappa shape index (κ3) is 1.41. The number of phenolic OH excluding ortho intramolecular Hbond substituents is 1. The van der Waals surface area contributed by atoms with Crippen molar-refractivity contribution in [3.8, 4) is 11.5 Å². The smallest absolute Gasteiger partial charge is 0.264 e. The lowest BCUT2D eigenvalue weighted by Gasteiger charge is -2.05. The van der Waals surface area contributed by atoms with E-state index >= 15 is 0 Å². The van der Waals surface area contributed by atoms with Gasteiger partial charge in [0.15, 0.2) is 0 Å². The van der Waals surface area contributed by atoms with Gasteiger partial charge in [-0.25, -0.2) is 4.98 Å². The molecule has 0 radical (unpaired) electrons. The van der Waals surface area contributed by atoms with Crippen molar-refractivity contribution in [2.45, 2.75) is 0 Å². The van der Waals surface area contributed by atoms with Crippen LogP contribution in [0.1, 0.15) is 0 Å². The fourth-order valence-corrected chi connectivity index (χ4v) is 1.40.